The summed E-state index contributed by atoms with van der Waals surface area (Å²) in [5, 5.41) is 0. The molecule has 1 aromatic carbocycles. The second kappa shape index (κ2) is 3.81. The first kappa shape index (κ1) is 10.4. The molecule has 0 spiro atoms. The molecular formula is C12H15NOS. The lowest BCUT2D eigenvalue weighted by Gasteiger charge is -2.46. The molecular weight excluding hydrogens is 206 g/mol. The van der Waals surface area contributed by atoms with E-state index in [1.165, 1.54) is 5.56 Å². The van der Waals surface area contributed by atoms with Gasteiger partial charge in [-0.15, -0.1) is 0 Å². The Morgan fingerprint density at radius 3 is 2.33 bits per heavy atom. The quantitative estimate of drug-likeness (QED) is 0.712. The van der Waals surface area contributed by atoms with Gasteiger partial charge in [-0.3, -0.25) is 0 Å². The summed E-state index contributed by atoms with van der Waals surface area (Å²) >= 11 is 5.26. The molecule has 2 atom stereocenters. The molecule has 1 aliphatic rings. The first-order chi connectivity index (χ1) is 7.15. The summed E-state index contributed by atoms with van der Waals surface area (Å²) in [6.45, 7) is 2.18. The van der Waals surface area contributed by atoms with Crippen LogP contribution in [0.4, 0.5) is 0 Å². The predicted octanol–water partition coefficient (Wildman–Crippen LogP) is 2.65. The second-order valence-electron chi connectivity index (χ2n) is 3.96. The molecule has 0 aromatic heterocycles. The van der Waals surface area contributed by atoms with Crippen LogP contribution in [0.2, 0.25) is 0 Å². The highest BCUT2D eigenvalue weighted by atomic mass is 32.1. The molecule has 1 fully saturated rings. The van der Waals surface area contributed by atoms with Crippen molar-refractivity contribution in [3.05, 3.63) is 29.8 Å². The van der Waals surface area contributed by atoms with E-state index in [1.807, 2.05) is 12.1 Å². The van der Waals surface area contributed by atoms with Crippen LogP contribution in [0, 0.1) is 5.92 Å². The Bertz CT molecular complexity index is 362. The van der Waals surface area contributed by atoms with E-state index < -0.39 is 0 Å². The van der Waals surface area contributed by atoms with E-state index in [0.717, 1.165) is 10.7 Å². The summed E-state index contributed by atoms with van der Waals surface area (Å²) in [5.74, 6) is 1.37. The van der Waals surface area contributed by atoms with Crippen LogP contribution in [0.3, 0.4) is 0 Å². The van der Waals surface area contributed by atoms with Gasteiger partial charge in [-0.25, -0.2) is 0 Å². The summed E-state index contributed by atoms with van der Waals surface area (Å²) in [7, 11) is 3.74. The standard InChI is InChI=1S/C12H15NOS/c1-8-11(13(2)12(8)15)9-4-6-10(14-3)7-5-9/h4-8,11H,1-3H3/t8-,11+/m0/s1. The number of likely N-dealkylation sites (tertiary alicyclic amines) is 1. The number of thiocarbonyl (C=S) groups is 1. The monoisotopic (exact) mass is 221 g/mol. The van der Waals surface area contributed by atoms with Crippen LogP contribution in [0.15, 0.2) is 24.3 Å². The smallest absolute Gasteiger partial charge is 0.118 e. The molecule has 1 aliphatic heterocycles. The predicted molar refractivity (Wildman–Crippen MR) is 65.3 cm³/mol. The Kier molecular flexibility index (Phi) is 2.65. The van der Waals surface area contributed by atoms with Gasteiger partial charge in [0.1, 0.15) is 5.75 Å². The van der Waals surface area contributed by atoms with Crippen LogP contribution in [0.5, 0.6) is 5.75 Å². The molecule has 0 N–H and O–H groups in total. The number of nitrogens with zero attached hydrogens (tertiary/aromatic N) is 1. The van der Waals surface area contributed by atoms with Crippen molar-refractivity contribution in [1.82, 2.24) is 4.90 Å². The van der Waals surface area contributed by atoms with Crippen LogP contribution >= 0.6 is 12.2 Å². The molecule has 15 heavy (non-hydrogen) atoms. The van der Waals surface area contributed by atoms with Crippen molar-refractivity contribution in [3.8, 4) is 5.75 Å². The van der Waals surface area contributed by atoms with Gasteiger partial charge in [0.05, 0.1) is 18.1 Å². The lowest BCUT2D eigenvalue weighted by molar-refractivity contribution is 0.237. The lowest BCUT2D eigenvalue weighted by Crippen LogP contribution is -2.49. The van der Waals surface area contributed by atoms with E-state index in [0.29, 0.717) is 12.0 Å². The zero-order chi connectivity index (χ0) is 11.0. The topological polar surface area (TPSA) is 12.5 Å². The number of hydrogen-bond donors (Lipinski definition) is 0. The van der Waals surface area contributed by atoms with Gasteiger partial charge in [0.15, 0.2) is 0 Å². The van der Waals surface area contributed by atoms with E-state index in [-0.39, 0.29) is 0 Å². The minimum absolute atomic E-state index is 0.434. The van der Waals surface area contributed by atoms with Crippen LogP contribution in [0.25, 0.3) is 0 Å². The molecule has 2 nitrogen and oxygen atoms in total. The third kappa shape index (κ3) is 1.61. The fourth-order valence-corrected chi connectivity index (χ4v) is 2.40. The molecule has 2 rings (SSSR count). The maximum Gasteiger partial charge on any atom is 0.118 e. The molecule has 0 radical (unpaired) electrons. The highest BCUT2D eigenvalue weighted by Gasteiger charge is 2.38. The molecule has 1 saturated heterocycles. The van der Waals surface area contributed by atoms with Crippen molar-refractivity contribution < 1.29 is 4.74 Å². The first-order valence-electron chi connectivity index (χ1n) is 5.05. The summed E-state index contributed by atoms with van der Waals surface area (Å²) < 4.78 is 5.14. The van der Waals surface area contributed by atoms with Crippen LogP contribution in [0.1, 0.15) is 18.5 Å². The van der Waals surface area contributed by atoms with E-state index in [2.05, 4.69) is 31.0 Å². The molecule has 0 unspecified atom stereocenters. The number of methoxy groups -OCH3 is 1. The Morgan fingerprint density at radius 2 is 1.87 bits per heavy atom. The summed E-state index contributed by atoms with van der Waals surface area (Å²) in [6.07, 6.45) is 0. The number of benzene rings is 1. The zero-order valence-corrected chi connectivity index (χ0v) is 10.0. The average Bonchev–Trinajstić information content (AvgIpc) is 2.30. The van der Waals surface area contributed by atoms with Crippen LogP contribution in [-0.2, 0) is 0 Å². The van der Waals surface area contributed by atoms with Gasteiger partial charge in [-0.1, -0.05) is 31.3 Å². The maximum absolute atomic E-state index is 5.26. The SMILES string of the molecule is COc1ccc([C@H]2[C@H](C)C(=S)N2C)cc1. The van der Waals surface area contributed by atoms with E-state index in [9.17, 15) is 0 Å². The van der Waals surface area contributed by atoms with Gasteiger partial charge < -0.3 is 9.64 Å². The molecule has 1 aromatic rings. The highest BCUT2D eigenvalue weighted by Crippen LogP contribution is 2.39. The minimum atomic E-state index is 0.434. The van der Waals surface area contributed by atoms with Crippen molar-refractivity contribution >= 4 is 17.2 Å². The van der Waals surface area contributed by atoms with Crippen molar-refractivity contribution in [1.29, 1.82) is 0 Å². The van der Waals surface area contributed by atoms with Crippen LogP contribution < -0.4 is 4.74 Å². The molecule has 80 valence electrons. The average molecular weight is 221 g/mol. The van der Waals surface area contributed by atoms with E-state index in [1.54, 1.807) is 7.11 Å². The Hall–Kier alpha value is -1.09. The second-order valence-corrected chi connectivity index (χ2v) is 4.37. The molecule has 0 amide bonds. The zero-order valence-electron chi connectivity index (χ0n) is 9.23. The Labute approximate surface area is 95.8 Å². The molecule has 0 bridgehead atoms. The number of rotatable bonds is 2. The van der Waals surface area contributed by atoms with Crippen molar-refractivity contribution in [2.45, 2.75) is 13.0 Å². The molecule has 3 heteroatoms. The maximum atomic E-state index is 5.26. The normalized spacial score (nSPS) is 25.0. The third-order valence-electron chi connectivity index (χ3n) is 3.09. The molecule has 0 aliphatic carbocycles. The van der Waals surface area contributed by atoms with E-state index >= 15 is 0 Å². The number of hydrogen-bond acceptors (Lipinski definition) is 2. The lowest BCUT2D eigenvalue weighted by atomic mass is 9.85. The van der Waals surface area contributed by atoms with Gasteiger partial charge in [0.2, 0.25) is 0 Å². The minimum Gasteiger partial charge on any atom is -0.497 e. The van der Waals surface area contributed by atoms with Crippen molar-refractivity contribution in [3.63, 3.8) is 0 Å². The van der Waals surface area contributed by atoms with Crippen molar-refractivity contribution in [2.75, 3.05) is 14.2 Å². The van der Waals surface area contributed by atoms with Gasteiger partial charge in [-0.05, 0) is 17.7 Å². The molecule has 1 heterocycles. The fourth-order valence-electron chi connectivity index (χ4n) is 2.16. The van der Waals surface area contributed by atoms with Gasteiger partial charge in [0.25, 0.3) is 0 Å². The first-order valence-corrected chi connectivity index (χ1v) is 5.46. The van der Waals surface area contributed by atoms with Gasteiger partial charge >= 0.3 is 0 Å². The Balaban J connectivity index is 2.20. The fraction of sp³-hybridized carbons (Fsp3) is 0.417. The molecule has 0 saturated carbocycles. The largest absolute Gasteiger partial charge is 0.497 e. The number of ether oxygens (including phenoxy) is 1. The van der Waals surface area contributed by atoms with Gasteiger partial charge in [-0.2, -0.15) is 0 Å². The Morgan fingerprint density at radius 1 is 1.27 bits per heavy atom. The highest BCUT2D eigenvalue weighted by molar-refractivity contribution is 7.80. The van der Waals surface area contributed by atoms with E-state index in [4.69, 9.17) is 17.0 Å². The van der Waals surface area contributed by atoms with Gasteiger partial charge in [0, 0.05) is 13.0 Å². The summed E-state index contributed by atoms with van der Waals surface area (Å²) in [4.78, 5) is 3.21. The summed E-state index contributed by atoms with van der Waals surface area (Å²) in [5.41, 5.74) is 1.31. The summed E-state index contributed by atoms with van der Waals surface area (Å²) in [6, 6.07) is 8.65. The van der Waals surface area contributed by atoms with Crippen molar-refractivity contribution in [2.24, 2.45) is 5.92 Å². The van der Waals surface area contributed by atoms with Crippen LogP contribution in [-0.4, -0.2) is 24.0 Å². The third-order valence-corrected chi connectivity index (χ3v) is 3.75.